The SMILES string of the molecule is CCOc1ccc(/C=C/C(=O)OCC(=O)NNC(=O)c2ccc(Br)cc2)cc1. The van der Waals surface area contributed by atoms with Gasteiger partial charge in [0.15, 0.2) is 6.61 Å². The molecule has 0 aliphatic heterocycles. The van der Waals surface area contributed by atoms with E-state index in [1.54, 1.807) is 54.6 Å². The smallest absolute Gasteiger partial charge is 0.331 e. The van der Waals surface area contributed by atoms with Crippen LogP contribution in [0.5, 0.6) is 5.75 Å². The molecule has 0 bridgehead atoms. The lowest BCUT2D eigenvalue weighted by molar-refractivity contribution is -0.144. The maximum atomic E-state index is 11.9. The minimum atomic E-state index is -0.678. The predicted molar refractivity (Wildman–Crippen MR) is 107 cm³/mol. The molecule has 0 unspecified atom stereocenters. The van der Waals surface area contributed by atoms with Crippen LogP contribution in [0.1, 0.15) is 22.8 Å². The van der Waals surface area contributed by atoms with Crippen molar-refractivity contribution in [2.24, 2.45) is 0 Å². The number of halogens is 1. The topological polar surface area (TPSA) is 93.7 Å². The Balaban J connectivity index is 1.72. The van der Waals surface area contributed by atoms with Gasteiger partial charge < -0.3 is 9.47 Å². The molecule has 2 rings (SSSR count). The molecule has 0 aliphatic carbocycles. The first-order chi connectivity index (χ1) is 13.5. The molecule has 2 aromatic rings. The van der Waals surface area contributed by atoms with Gasteiger partial charge in [0.1, 0.15) is 5.75 Å². The summed E-state index contributed by atoms with van der Waals surface area (Å²) >= 11 is 3.27. The Kier molecular flexibility index (Phi) is 8.23. The summed E-state index contributed by atoms with van der Waals surface area (Å²) in [6.45, 7) is 1.95. The molecule has 0 aliphatic rings. The Morgan fingerprint density at radius 1 is 1.00 bits per heavy atom. The molecule has 0 aromatic heterocycles. The molecule has 28 heavy (non-hydrogen) atoms. The van der Waals surface area contributed by atoms with Gasteiger partial charge >= 0.3 is 5.97 Å². The van der Waals surface area contributed by atoms with E-state index in [4.69, 9.17) is 9.47 Å². The first kappa shape index (κ1) is 21.2. The van der Waals surface area contributed by atoms with Crippen molar-refractivity contribution in [3.63, 3.8) is 0 Å². The van der Waals surface area contributed by atoms with Crippen molar-refractivity contribution in [1.29, 1.82) is 0 Å². The predicted octanol–water partition coefficient (Wildman–Crippen LogP) is 2.87. The number of ether oxygens (including phenoxy) is 2. The van der Waals surface area contributed by atoms with E-state index in [9.17, 15) is 14.4 Å². The molecule has 146 valence electrons. The van der Waals surface area contributed by atoms with Crippen LogP contribution >= 0.6 is 15.9 Å². The quantitative estimate of drug-likeness (QED) is 0.387. The van der Waals surface area contributed by atoms with Gasteiger partial charge in [-0.05, 0) is 55.0 Å². The fourth-order valence-corrected chi connectivity index (χ4v) is 2.29. The van der Waals surface area contributed by atoms with Crippen LogP contribution in [-0.2, 0) is 14.3 Å². The average molecular weight is 447 g/mol. The number of carbonyl (C=O) groups is 3. The van der Waals surface area contributed by atoms with E-state index < -0.39 is 24.4 Å². The van der Waals surface area contributed by atoms with Crippen molar-refractivity contribution in [1.82, 2.24) is 10.9 Å². The molecular formula is C20H19BrN2O5. The standard InChI is InChI=1S/C20H19BrN2O5/c1-2-27-17-10-3-14(4-11-17)5-12-19(25)28-13-18(24)22-23-20(26)15-6-8-16(21)9-7-15/h3-12H,2,13H2,1H3,(H,22,24)(H,23,26)/b12-5+. The van der Waals surface area contributed by atoms with Crippen LogP contribution in [0, 0.1) is 0 Å². The largest absolute Gasteiger partial charge is 0.494 e. The second-order valence-electron chi connectivity index (χ2n) is 5.45. The summed E-state index contributed by atoms with van der Waals surface area (Å²) in [7, 11) is 0. The Morgan fingerprint density at radius 3 is 2.32 bits per heavy atom. The third-order valence-corrected chi connectivity index (χ3v) is 3.90. The highest BCUT2D eigenvalue weighted by atomic mass is 79.9. The van der Waals surface area contributed by atoms with Gasteiger partial charge in [-0.3, -0.25) is 20.4 Å². The van der Waals surface area contributed by atoms with E-state index in [2.05, 4.69) is 26.8 Å². The molecule has 2 amide bonds. The number of hydrazine groups is 1. The lowest BCUT2D eigenvalue weighted by atomic mass is 10.2. The molecule has 2 N–H and O–H groups in total. The highest BCUT2D eigenvalue weighted by Gasteiger charge is 2.08. The van der Waals surface area contributed by atoms with Gasteiger partial charge in [0, 0.05) is 16.1 Å². The molecule has 2 aromatic carbocycles. The third-order valence-electron chi connectivity index (χ3n) is 3.37. The molecule has 0 spiro atoms. The molecule has 7 nitrogen and oxygen atoms in total. The first-order valence-corrected chi connectivity index (χ1v) is 9.19. The van der Waals surface area contributed by atoms with Crippen LogP contribution in [-0.4, -0.2) is 31.0 Å². The van der Waals surface area contributed by atoms with Crippen molar-refractivity contribution in [2.75, 3.05) is 13.2 Å². The Hall–Kier alpha value is -3.13. The van der Waals surface area contributed by atoms with E-state index in [1.807, 2.05) is 6.92 Å². The van der Waals surface area contributed by atoms with E-state index in [-0.39, 0.29) is 0 Å². The van der Waals surface area contributed by atoms with Gasteiger partial charge in [0.25, 0.3) is 11.8 Å². The van der Waals surface area contributed by atoms with Crippen LogP contribution in [0.3, 0.4) is 0 Å². The molecular weight excluding hydrogens is 428 g/mol. The molecule has 0 saturated heterocycles. The minimum absolute atomic E-state index is 0.374. The van der Waals surface area contributed by atoms with Gasteiger partial charge in [0.05, 0.1) is 6.61 Å². The Morgan fingerprint density at radius 2 is 1.68 bits per heavy atom. The Bertz CT molecular complexity index is 848. The van der Waals surface area contributed by atoms with Gasteiger partial charge in [0.2, 0.25) is 0 Å². The van der Waals surface area contributed by atoms with E-state index in [0.717, 1.165) is 15.8 Å². The molecule has 0 atom stereocenters. The average Bonchev–Trinajstić information content (AvgIpc) is 2.70. The third kappa shape index (κ3) is 7.24. The van der Waals surface area contributed by atoms with Gasteiger partial charge in [-0.2, -0.15) is 0 Å². The van der Waals surface area contributed by atoms with Gasteiger partial charge in [-0.25, -0.2) is 4.79 Å². The fourth-order valence-electron chi connectivity index (χ4n) is 2.03. The Labute approximate surface area is 170 Å². The zero-order chi connectivity index (χ0) is 20.4. The summed E-state index contributed by atoms with van der Waals surface area (Å²) < 4.78 is 11.0. The van der Waals surface area contributed by atoms with Crippen molar-refractivity contribution in [2.45, 2.75) is 6.92 Å². The maximum absolute atomic E-state index is 11.9. The van der Waals surface area contributed by atoms with Crippen LogP contribution in [0.2, 0.25) is 0 Å². The summed E-state index contributed by atoms with van der Waals surface area (Å²) in [6, 6.07) is 13.8. The van der Waals surface area contributed by atoms with Crippen LogP contribution in [0.25, 0.3) is 6.08 Å². The van der Waals surface area contributed by atoms with Crippen LogP contribution in [0.4, 0.5) is 0 Å². The summed E-state index contributed by atoms with van der Waals surface area (Å²) in [5.41, 5.74) is 5.58. The van der Waals surface area contributed by atoms with Crippen molar-refractivity contribution in [3.05, 3.63) is 70.2 Å². The lowest BCUT2D eigenvalue weighted by Crippen LogP contribution is -2.43. The first-order valence-electron chi connectivity index (χ1n) is 8.40. The van der Waals surface area contributed by atoms with E-state index in [1.165, 1.54) is 6.08 Å². The number of benzene rings is 2. The zero-order valence-electron chi connectivity index (χ0n) is 15.1. The monoisotopic (exact) mass is 446 g/mol. The number of amides is 2. The summed E-state index contributed by atoms with van der Waals surface area (Å²) in [5, 5.41) is 0. The molecule has 8 heteroatoms. The number of rotatable bonds is 7. The lowest BCUT2D eigenvalue weighted by Gasteiger charge is -2.07. The number of carbonyl (C=O) groups excluding carboxylic acids is 3. The summed E-state index contributed by atoms with van der Waals surface area (Å²) in [5.74, 6) is -1.08. The molecule has 0 heterocycles. The highest BCUT2D eigenvalue weighted by Crippen LogP contribution is 2.13. The van der Waals surface area contributed by atoms with Crippen LogP contribution in [0.15, 0.2) is 59.1 Å². The normalized spacial score (nSPS) is 10.4. The highest BCUT2D eigenvalue weighted by molar-refractivity contribution is 9.10. The molecule has 0 radical (unpaired) electrons. The minimum Gasteiger partial charge on any atom is -0.494 e. The van der Waals surface area contributed by atoms with Gasteiger partial charge in [-0.1, -0.05) is 28.1 Å². The summed E-state index contributed by atoms with van der Waals surface area (Å²) in [4.78, 5) is 35.2. The number of hydrogen-bond donors (Lipinski definition) is 2. The van der Waals surface area contributed by atoms with Crippen LogP contribution < -0.4 is 15.6 Å². The second-order valence-corrected chi connectivity index (χ2v) is 6.37. The maximum Gasteiger partial charge on any atom is 0.331 e. The van der Waals surface area contributed by atoms with Crippen molar-refractivity contribution in [3.8, 4) is 5.75 Å². The number of hydrogen-bond acceptors (Lipinski definition) is 5. The van der Waals surface area contributed by atoms with E-state index in [0.29, 0.717) is 12.2 Å². The number of esters is 1. The second kappa shape index (κ2) is 10.9. The zero-order valence-corrected chi connectivity index (χ0v) is 16.7. The molecule has 0 fully saturated rings. The van der Waals surface area contributed by atoms with Gasteiger partial charge in [-0.15, -0.1) is 0 Å². The molecule has 0 saturated carbocycles. The fraction of sp³-hybridized carbons (Fsp3) is 0.150. The van der Waals surface area contributed by atoms with E-state index >= 15 is 0 Å². The van der Waals surface area contributed by atoms with Crippen molar-refractivity contribution >= 4 is 39.8 Å². The number of nitrogens with one attached hydrogen (secondary N) is 2. The van der Waals surface area contributed by atoms with Crippen molar-refractivity contribution < 1.29 is 23.9 Å². The summed E-state index contributed by atoms with van der Waals surface area (Å²) in [6.07, 6.45) is 2.77.